The smallest absolute Gasteiger partial charge is 0.305 e. The molecule has 1 heterocycles. The van der Waals surface area contributed by atoms with E-state index in [0.717, 1.165) is 42.6 Å². The monoisotopic (exact) mass is 599 g/mol. The van der Waals surface area contributed by atoms with Crippen LogP contribution in [-0.2, 0) is 33.6 Å². The summed E-state index contributed by atoms with van der Waals surface area (Å²) in [7, 11) is -7.94. The SMILES string of the molecule is CC(C)OP(=O)(OC(C)C)C(Cc1cc(C2CCCCC2)nc(C2CCCCC2)c1)P(=O)(OC(C)C)OC(C)C. The van der Waals surface area contributed by atoms with Crippen molar-refractivity contribution in [3.05, 3.63) is 29.1 Å². The number of rotatable bonds is 14. The molecule has 0 atom stereocenters. The molecular weight excluding hydrogens is 544 g/mol. The molecule has 9 heteroatoms. The molecule has 0 amide bonds. The Labute approximate surface area is 244 Å². The van der Waals surface area contributed by atoms with E-state index in [9.17, 15) is 9.13 Å². The zero-order valence-corrected chi connectivity index (χ0v) is 28.1. The molecule has 0 aromatic carbocycles. The number of nitrogens with zero attached hydrogens (tertiary/aromatic N) is 1. The lowest BCUT2D eigenvalue weighted by atomic mass is 9.83. The molecule has 0 spiro atoms. The molecule has 0 unspecified atom stereocenters. The first-order valence-electron chi connectivity index (χ1n) is 15.7. The highest BCUT2D eigenvalue weighted by atomic mass is 31.2. The van der Waals surface area contributed by atoms with Gasteiger partial charge in [-0.1, -0.05) is 38.5 Å². The van der Waals surface area contributed by atoms with Crippen LogP contribution in [0.4, 0.5) is 0 Å². The second kappa shape index (κ2) is 15.3. The second-order valence-electron chi connectivity index (χ2n) is 12.9. The summed E-state index contributed by atoms with van der Waals surface area (Å²) in [5.74, 6) is 0.844. The third-order valence-corrected chi connectivity index (χ3v) is 13.9. The van der Waals surface area contributed by atoms with Crippen LogP contribution in [0.3, 0.4) is 0 Å². The van der Waals surface area contributed by atoms with Crippen molar-refractivity contribution in [3.63, 3.8) is 0 Å². The van der Waals surface area contributed by atoms with Gasteiger partial charge >= 0.3 is 15.2 Å². The van der Waals surface area contributed by atoms with Crippen molar-refractivity contribution in [3.8, 4) is 0 Å². The summed E-state index contributed by atoms with van der Waals surface area (Å²) in [6.45, 7) is 14.6. The summed E-state index contributed by atoms with van der Waals surface area (Å²) in [4.78, 5) is 5.24. The molecule has 1 aromatic rings. The van der Waals surface area contributed by atoms with Crippen molar-refractivity contribution in [2.45, 2.75) is 168 Å². The molecule has 230 valence electrons. The molecule has 0 aliphatic heterocycles. The lowest BCUT2D eigenvalue weighted by Crippen LogP contribution is -2.25. The molecule has 0 bridgehead atoms. The van der Waals surface area contributed by atoms with Crippen LogP contribution < -0.4 is 0 Å². The van der Waals surface area contributed by atoms with Gasteiger partial charge in [0.1, 0.15) is 0 Å². The van der Waals surface area contributed by atoms with Crippen LogP contribution >= 0.6 is 15.2 Å². The third kappa shape index (κ3) is 9.75. The van der Waals surface area contributed by atoms with Crippen molar-refractivity contribution < 1.29 is 27.2 Å². The van der Waals surface area contributed by atoms with E-state index in [1.165, 1.54) is 38.5 Å². The number of aromatic nitrogens is 1. The van der Waals surface area contributed by atoms with E-state index in [1.54, 1.807) is 0 Å². The van der Waals surface area contributed by atoms with Gasteiger partial charge in [-0.15, -0.1) is 0 Å². The molecular formula is C31H55NO6P2. The van der Waals surface area contributed by atoms with E-state index in [2.05, 4.69) is 12.1 Å². The molecule has 2 saturated carbocycles. The standard InChI is InChI=1S/C31H55NO6P2/c1-22(2)35-39(33,36-23(3)4)31(40(34,37-24(5)6)38-25(7)8)21-26-19-29(27-15-11-9-12-16-27)32-30(20-26)28-17-13-10-14-18-28/h19-20,22-25,27-28,31H,9-18,21H2,1-8H3. The average molecular weight is 600 g/mol. The zero-order valence-electron chi connectivity index (χ0n) is 26.3. The normalized spacial score (nSPS) is 18.6. The van der Waals surface area contributed by atoms with Gasteiger partial charge in [0.15, 0.2) is 5.40 Å². The van der Waals surface area contributed by atoms with Crippen molar-refractivity contribution >= 4 is 15.2 Å². The van der Waals surface area contributed by atoms with E-state index < -0.39 is 45.0 Å². The van der Waals surface area contributed by atoms with Crippen molar-refractivity contribution in [1.29, 1.82) is 0 Å². The summed E-state index contributed by atoms with van der Waals surface area (Å²) in [5.41, 5.74) is 3.19. The molecule has 1 aromatic heterocycles. The highest BCUT2D eigenvalue weighted by molar-refractivity contribution is 7.72. The van der Waals surface area contributed by atoms with Crippen molar-refractivity contribution in [2.75, 3.05) is 0 Å². The summed E-state index contributed by atoms with van der Waals surface area (Å²) in [6, 6.07) is 4.30. The fraction of sp³-hybridized carbons (Fsp3) is 0.839. The summed E-state index contributed by atoms with van der Waals surface area (Å²) in [5, 5.41) is -1.10. The Hall–Kier alpha value is -0.550. The lowest BCUT2D eigenvalue weighted by molar-refractivity contribution is 0.122. The molecule has 2 aliphatic carbocycles. The highest BCUT2D eigenvalue weighted by Gasteiger charge is 2.53. The average Bonchev–Trinajstić information content (AvgIpc) is 2.86. The Morgan fingerprint density at radius 3 is 1.25 bits per heavy atom. The minimum Gasteiger partial charge on any atom is -0.305 e. The first-order valence-corrected chi connectivity index (χ1v) is 19.0. The number of hydrogen-bond donors (Lipinski definition) is 0. The molecule has 0 radical (unpaired) electrons. The summed E-state index contributed by atoms with van der Waals surface area (Å²) in [6.07, 6.45) is 10.6. The van der Waals surface area contributed by atoms with Gasteiger partial charge in [-0.05, 0) is 105 Å². The van der Waals surface area contributed by atoms with Crippen molar-refractivity contribution in [2.24, 2.45) is 0 Å². The van der Waals surface area contributed by atoms with Gasteiger partial charge in [-0.2, -0.15) is 0 Å². The van der Waals surface area contributed by atoms with E-state index in [4.69, 9.17) is 23.1 Å². The topological polar surface area (TPSA) is 84.0 Å². The second-order valence-corrected chi connectivity index (χ2v) is 17.5. The maximum atomic E-state index is 14.7. The van der Waals surface area contributed by atoms with Gasteiger partial charge in [0, 0.05) is 23.2 Å². The fourth-order valence-electron chi connectivity index (χ4n) is 6.08. The Kier molecular flexibility index (Phi) is 12.9. The third-order valence-electron chi connectivity index (χ3n) is 7.55. The Morgan fingerprint density at radius 2 is 0.950 bits per heavy atom. The molecule has 2 aliphatic rings. The molecule has 3 rings (SSSR count). The van der Waals surface area contributed by atoms with E-state index in [0.29, 0.717) is 11.8 Å². The highest BCUT2D eigenvalue weighted by Crippen LogP contribution is 2.72. The Bertz CT molecular complexity index is 913. The van der Waals surface area contributed by atoms with Gasteiger partial charge < -0.3 is 18.1 Å². The van der Waals surface area contributed by atoms with E-state index >= 15 is 0 Å². The van der Waals surface area contributed by atoms with Crippen LogP contribution in [-0.4, -0.2) is 34.8 Å². The van der Waals surface area contributed by atoms with Gasteiger partial charge in [0.2, 0.25) is 0 Å². The van der Waals surface area contributed by atoms with Crippen LogP contribution in [0.2, 0.25) is 0 Å². The van der Waals surface area contributed by atoms with Gasteiger partial charge in [0.05, 0.1) is 24.4 Å². The molecule has 2 fully saturated rings. The van der Waals surface area contributed by atoms with Gasteiger partial charge in [-0.3, -0.25) is 14.1 Å². The predicted molar refractivity (Wildman–Crippen MR) is 163 cm³/mol. The van der Waals surface area contributed by atoms with Crippen LogP contribution in [0.5, 0.6) is 0 Å². The Balaban J connectivity index is 2.15. The maximum absolute atomic E-state index is 14.7. The largest absolute Gasteiger partial charge is 0.346 e. The van der Waals surface area contributed by atoms with Gasteiger partial charge in [-0.25, -0.2) is 0 Å². The molecule has 40 heavy (non-hydrogen) atoms. The van der Waals surface area contributed by atoms with E-state index in [1.807, 2.05) is 55.4 Å². The van der Waals surface area contributed by atoms with Gasteiger partial charge in [0.25, 0.3) is 0 Å². The first kappa shape index (κ1) is 33.9. The fourth-order valence-corrected chi connectivity index (χ4v) is 12.0. The van der Waals surface area contributed by atoms with Crippen LogP contribution in [0.15, 0.2) is 12.1 Å². The van der Waals surface area contributed by atoms with Crippen LogP contribution in [0.1, 0.15) is 148 Å². The molecule has 0 N–H and O–H groups in total. The van der Waals surface area contributed by atoms with Crippen molar-refractivity contribution in [1.82, 2.24) is 4.98 Å². The Morgan fingerprint density at radius 1 is 0.625 bits per heavy atom. The predicted octanol–water partition coefficient (Wildman–Crippen LogP) is 10.1. The number of pyridine rings is 1. The quantitative estimate of drug-likeness (QED) is 0.197. The minimum atomic E-state index is -3.97. The van der Waals surface area contributed by atoms with E-state index in [-0.39, 0.29) is 6.42 Å². The molecule has 0 saturated heterocycles. The summed E-state index contributed by atoms with van der Waals surface area (Å²) < 4.78 is 53.7. The minimum absolute atomic E-state index is 0.204. The maximum Gasteiger partial charge on any atom is 0.346 e. The number of hydrogen-bond acceptors (Lipinski definition) is 7. The van der Waals surface area contributed by atoms with Crippen LogP contribution in [0.25, 0.3) is 0 Å². The lowest BCUT2D eigenvalue weighted by Gasteiger charge is -2.35. The van der Waals surface area contributed by atoms with Crippen LogP contribution in [0, 0.1) is 0 Å². The first-order chi connectivity index (χ1) is 18.8. The zero-order chi connectivity index (χ0) is 29.5. The molecule has 7 nitrogen and oxygen atoms in total. The summed E-state index contributed by atoms with van der Waals surface area (Å²) >= 11 is 0.